The summed E-state index contributed by atoms with van der Waals surface area (Å²) >= 11 is 0. The third kappa shape index (κ3) is 3.81. The fourth-order valence-corrected chi connectivity index (χ4v) is 2.99. The minimum absolute atomic E-state index is 0.119. The van der Waals surface area contributed by atoms with Crippen molar-refractivity contribution in [2.45, 2.75) is 39.3 Å². The van der Waals surface area contributed by atoms with Crippen LogP contribution in [0, 0.1) is 13.8 Å². The van der Waals surface area contributed by atoms with Gasteiger partial charge in [0.1, 0.15) is 17.4 Å². The van der Waals surface area contributed by atoms with Crippen LogP contribution in [0.2, 0.25) is 0 Å². The van der Waals surface area contributed by atoms with E-state index in [0.29, 0.717) is 23.9 Å². The topological polar surface area (TPSA) is 97.2 Å². The lowest BCUT2D eigenvalue weighted by atomic mass is 10.0. The molecule has 1 atom stereocenters. The highest BCUT2D eigenvalue weighted by molar-refractivity contribution is 5.88. The van der Waals surface area contributed by atoms with Gasteiger partial charge in [-0.05, 0) is 32.3 Å². The Kier molecular flexibility index (Phi) is 5.31. The number of benzene rings is 1. The molecule has 2 aromatic heterocycles. The van der Waals surface area contributed by atoms with Crippen molar-refractivity contribution < 1.29 is 9.52 Å². The number of hydrogen-bond acceptors (Lipinski definition) is 6. The van der Waals surface area contributed by atoms with Crippen LogP contribution in [0.5, 0.6) is 0 Å². The Bertz CT molecular complexity index is 846. The molecule has 0 bridgehead atoms. The second-order valence-electron chi connectivity index (χ2n) is 6.20. The van der Waals surface area contributed by atoms with Crippen LogP contribution in [-0.2, 0) is 6.54 Å². The number of anilines is 1. The summed E-state index contributed by atoms with van der Waals surface area (Å²) in [5, 5.41) is 13.4. The van der Waals surface area contributed by atoms with Gasteiger partial charge in [-0.1, -0.05) is 30.3 Å². The molecular weight excluding hydrogens is 316 g/mol. The summed E-state index contributed by atoms with van der Waals surface area (Å²) in [6, 6.07) is 10.3. The van der Waals surface area contributed by atoms with Gasteiger partial charge < -0.3 is 20.6 Å². The molecule has 132 valence electrons. The molecule has 0 spiro atoms. The maximum absolute atomic E-state index is 9.15. The molecule has 3 aromatic rings. The number of aryl methyl sites for hydroxylation is 2. The molecule has 0 fully saturated rings. The van der Waals surface area contributed by atoms with E-state index in [2.05, 4.69) is 27.4 Å². The quantitative estimate of drug-likeness (QED) is 0.612. The van der Waals surface area contributed by atoms with E-state index >= 15 is 0 Å². The number of furan rings is 1. The van der Waals surface area contributed by atoms with E-state index in [-0.39, 0.29) is 12.6 Å². The first kappa shape index (κ1) is 17.4. The van der Waals surface area contributed by atoms with Gasteiger partial charge in [-0.25, -0.2) is 4.98 Å². The first-order valence-corrected chi connectivity index (χ1v) is 8.51. The average molecular weight is 340 g/mol. The molecular formula is C19H24N4O2. The Morgan fingerprint density at radius 1 is 1.20 bits per heavy atom. The van der Waals surface area contributed by atoms with Crippen molar-refractivity contribution >= 4 is 16.9 Å². The third-order valence-corrected chi connectivity index (χ3v) is 4.46. The number of nitrogens with one attached hydrogen (secondary N) is 1. The van der Waals surface area contributed by atoms with Crippen molar-refractivity contribution in [2.24, 2.45) is 0 Å². The number of aliphatic hydroxyl groups is 1. The maximum Gasteiger partial charge on any atom is 0.231 e. The van der Waals surface area contributed by atoms with Gasteiger partial charge in [-0.3, -0.25) is 0 Å². The van der Waals surface area contributed by atoms with Gasteiger partial charge in [0.2, 0.25) is 5.71 Å². The number of nitrogens with two attached hydrogens (primary N) is 1. The van der Waals surface area contributed by atoms with E-state index in [1.807, 2.05) is 32.0 Å². The lowest BCUT2D eigenvalue weighted by Gasteiger charge is -2.18. The first-order valence-electron chi connectivity index (χ1n) is 8.51. The Morgan fingerprint density at radius 3 is 2.68 bits per heavy atom. The maximum atomic E-state index is 9.15. The van der Waals surface area contributed by atoms with Crippen molar-refractivity contribution in [3.05, 3.63) is 53.0 Å². The van der Waals surface area contributed by atoms with Gasteiger partial charge in [0.05, 0.1) is 11.9 Å². The zero-order valence-corrected chi connectivity index (χ0v) is 14.6. The van der Waals surface area contributed by atoms with E-state index in [1.165, 1.54) is 5.56 Å². The third-order valence-electron chi connectivity index (χ3n) is 4.46. The number of aromatic nitrogens is 2. The molecule has 0 saturated heterocycles. The van der Waals surface area contributed by atoms with Crippen molar-refractivity contribution in [1.82, 2.24) is 15.3 Å². The summed E-state index contributed by atoms with van der Waals surface area (Å²) in [6.07, 6.45) is 1.56. The Labute approximate surface area is 147 Å². The van der Waals surface area contributed by atoms with E-state index in [4.69, 9.17) is 15.3 Å². The highest BCUT2D eigenvalue weighted by Crippen LogP contribution is 2.27. The van der Waals surface area contributed by atoms with E-state index < -0.39 is 0 Å². The second kappa shape index (κ2) is 7.63. The molecule has 0 aliphatic carbocycles. The van der Waals surface area contributed by atoms with Crippen LogP contribution >= 0.6 is 0 Å². The number of fused-ring (bicyclic) bond motifs is 1. The summed E-state index contributed by atoms with van der Waals surface area (Å²) in [5.74, 6) is 1.86. The highest BCUT2D eigenvalue weighted by Gasteiger charge is 2.16. The minimum atomic E-state index is 0.119. The summed E-state index contributed by atoms with van der Waals surface area (Å²) < 4.78 is 5.68. The SMILES string of the molecule is Cc1oc2nc(CNC(CCCO)c3ccccc3)nc(N)c2c1C. The summed E-state index contributed by atoms with van der Waals surface area (Å²) in [4.78, 5) is 8.91. The van der Waals surface area contributed by atoms with Crippen molar-refractivity contribution in [3.8, 4) is 0 Å². The average Bonchev–Trinajstić information content (AvgIpc) is 2.90. The normalized spacial score (nSPS) is 12.6. The Hall–Kier alpha value is -2.44. The molecule has 1 aromatic carbocycles. The molecule has 0 aliphatic rings. The Balaban J connectivity index is 1.79. The molecule has 6 nitrogen and oxygen atoms in total. The van der Waals surface area contributed by atoms with E-state index in [0.717, 1.165) is 29.6 Å². The van der Waals surface area contributed by atoms with E-state index in [9.17, 15) is 0 Å². The number of nitrogens with zero attached hydrogens (tertiary/aromatic N) is 2. The number of hydrogen-bond donors (Lipinski definition) is 3. The van der Waals surface area contributed by atoms with Crippen LogP contribution < -0.4 is 11.1 Å². The smallest absolute Gasteiger partial charge is 0.231 e. The van der Waals surface area contributed by atoms with Gasteiger partial charge in [-0.15, -0.1) is 0 Å². The summed E-state index contributed by atoms with van der Waals surface area (Å²) in [5.41, 5.74) is 8.79. The first-order chi connectivity index (χ1) is 12.1. The van der Waals surface area contributed by atoms with Crippen LogP contribution in [-0.4, -0.2) is 21.7 Å². The van der Waals surface area contributed by atoms with Crippen molar-refractivity contribution in [2.75, 3.05) is 12.3 Å². The molecule has 2 heterocycles. The van der Waals surface area contributed by atoms with Crippen LogP contribution in [0.25, 0.3) is 11.1 Å². The zero-order valence-electron chi connectivity index (χ0n) is 14.6. The molecule has 0 radical (unpaired) electrons. The van der Waals surface area contributed by atoms with Crippen LogP contribution in [0.4, 0.5) is 5.82 Å². The van der Waals surface area contributed by atoms with Crippen molar-refractivity contribution in [1.29, 1.82) is 0 Å². The molecule has 0 aliphatic heterocycles. The Morgan fingerprint density at radius 2 is 1.96 bits per heavy atom. The predicted molar refractivity (Wildman–Crippen MR) is 98.0 cm³/mol. The second-order valence-corrected chi connectivity index (χ2v) is 6.20. The van der Waals surface area contributed by atoms with Crippen LogP contribution in [0.15, 0.2) is 34.7 Å². The summed E-state index contributed by atoms with van der Waals surface area (Å²) in [6.45, 7) is 4.50. The lowest BCUT2D eigenvalue weighted by Crippen LogP contribution is -2.22. The van der Waals surface area contributed by atoms with Crippen LogP contribution in [0.1, 0.15) is 41.6 Å². The molecule has 25 heavy (non-hydrogen) atoms. The van der Waals surface area contributed by atoms with Gasteiger partial charge in [0.15, 0.2) is 0 Å². The van der Waals surface area contributed by atoms with Gasteiger partial charge in [0, 0.05) is 18.2 Å². The highest BCUT2D eigenvalue weighted by atomic mass is 16.3. The van der Waals surface area contributed by atoms with Gasteiger partial charge in [0.25, 0.3) is 0 Å². The predicted octanol–water partition coefficient (Wildman–Crippen LogP) is 3.03. The van der Waals surface area contributed by atoms with Crippen LogP contribution in [0.3, 0.4) is 0 Å². The fourth-order valence-electron chi connectivity index (χ4n) is 2.99. The summed E-state index contributed by atoms with van der Waals surface area (Å²) in [7, 11) is 0. The molecule has 4 N–H and O–H groups in total. The zero-order chi connectivity index (χ0) is 17.8. The number of aliphatic hydroxyl groups excluding tert-OH is 1. The number of rotatable bonds is 7. The molecule has 6 heteroatoms. The largest absolute Gasteiger partial charge is 0.443 e. The molecule has 0 saturated carbocycles. The van der Waals surface area contributed by atoms with E-state index in [1.54, 1.807) is 0 Å². The van der Waals surface area contributed by atoms with Crippen molar-refractivity contribution in [3.63, 3.8) is 0 Å². The van der Waals surface area contributed by atoms with Gasteiger partial charge >= 0.3 is 0 Å². The van der Waals surface area contributed by atoms with Gasteiger partial charge in [-0.2, -0.15) is 4.98 Å². The monoisotopic (exact) mass is 340 g/mol. The standard InChI is InChI=1S/C19H24N4O2/c1-12-13(2)25-19-17(12)18(20)22-16(23-19)11-21-15(9-6-10-24)14-7-4-3-5-8-14/h3-5,7-8,15,21,24H,6,9-11H2,1-2H3,(H2,20,22,23). The molecule has 0 amide bonds. The molecule has 3 rings (SSSR count). The minimum Gasteiger partial charge on any atom is -0.443 e. The molecule has 1 unspecified atom stereocenters. The lowest BCUT2D eigenvalue weighted by molar-refractivity contribution is 0.274. The fraction of sp³-hybridized carbons (Fsp3) is 0.368. The number of nitrogen functional groups attached to an aromatic ring is 1.